The lowest BCUT2D eigenvalue weighted by Gasteiger charge is -2.40. The summed E-state index contributed by atoms with van der Waals surface area (Å²) in [6, 6.07) is 2.07. The van der Waals surface area contributed by atoms with E-state index in [9.17, 15) is 0 Å². The second-order valence-electron chi connectivity index (χ2n) is 4.87. The predicted octanol–water partition coefficient (Wildman–Crippen LogP) is 2.03. The monoisotopic (exact) mass is 277 g/mol. The summed E-state index contributed by atoms with van der Waals surface area (Å²) >= 11 is 5.85. The van der Waals surface area contributed by atoms with Crippen molar-refractivity contribution in [2.75, 3.05) is 18.0 Å². The molecule has 0 spiro atoms. The molecule has 0 amide bonds. The molecule has 0 aliphatic carbocycles. The molecule has 0 N–H and O–H groups in total. The van der Waals surface area contributed by atoms with Crippen LogP contribution in [0.3, 0.4) is 0 Å². The second-order valence-corrected chi connectivity index (χ2v) is 5.31. The fourth-order valence-corrected chi connectivity index (χ4v) is 2.48. The average Bonchev–Trinajstić information content (AvgIpc) is 2.79. The zero-order chi connectivity index (χ0) is 13.2. The van der Waals surface area contributed by atoms with E-state index in [1.165, 1.54) is 0 Å². The third-order valence-corrected chi connectivity index (χ3v) is 3.59. The van der Waals surface area contributed by atoms with Gasteiger partial charge in [0.2, 0.25) is 0 Å². The van der Waals surface area contributed by atoms with Crippen LogP contribution in [-0.2, 0) is 13.0 Å². The van der Waals surface area contributed by atoms with Gasteiger partial charge in [0, 0.05) is 43.5 Å². The molecule has 19 heavy (non-hydrogen) atoms. The van der Waals surface area contributed by atoms with E-state index in [0.29, 0.717) is 10.9 Å². The van der Waals surface area contributed by atoms with E-state index < -0.39 is 0 Å². The molecular formula is C13H16ClN5. The Morgan fingerprint density at radius 3 is 2.89 bits per heavy atom. The summed E-state index contributed by atoms with van der Waals surface area (Å²) < 4.78 is 1.90. The summed E-state index contributed by atoms with van der Waals surface area (Å²) in [6.07, 6.45) is 6.13. The molecule has 0 atom stereocenters. The Labute approximate surface area is 117 Å². The van der Waals surface area contributed by atoms with E-state index in [0.717, 1.165) is 37.6 Å². The van der Waals surface area contributed by atoms with Gasteiger partial charge in [-0.2, -0.15) is 5.10 Å². The van der Waals surface area contributed by atoms with E-state index in [2.05, 4.69) is 33.0 Å². The zero-order valence-electron chi connectivity index (χ0n) is 10.8. The summed E-state index contributed by atoms with van der Waals surface area (Å²) in [5.74, 6) is 1.64. The highest BCUT2D eigenvalue weighted by Crippen LogP contribution is 2.24. The minimum Gasteiger partial charge on any atom is -0.356 e. The van der Waals surface area contributed by atoms with Gasteiger partial charge in [-0.3, -0.25) is 4.68 Å². The van der Waals surface area contributed by atoms with Gasteiger partial charge in [0.15, 0.2) is 0 Å². The van der Waals surface area contributed by atoms with E-state index in [1.807, 2.05) is 10.9 Å². The summed E-state index contributed by atoms with van der Waals surface area (Å²) in [5.41, 5.74) is 1.09. The van der Waals surface area contributed by atoms with Crippen molar-refractivity contribution in [1.29, 1.82) is 0 Å². The Balaban J connectivity index is 1.57. The summed E-state index contributed by atoms with van der Waals surface area (Å²) in [7, 11) is 0. The molecule has 0 bridgehead atoms. The maximum Gasteiger partial charge on any atom is 0.132 e. The Bertz CT molecular complexity index is 562. The van der Waals surface area contributed by atoms with Gasteiger partial charge in [-0.05, 0) is 6.42 Å². The topological polar surface area (TPSA) is 46.8 Å². The predicted molar refractivity (Wildman–Crippen MR) is 74.4 cm³/mol. The molecule has 100 valence electrons. The number of hydrogen-bond donors (Lipinski definition) is 0. The molecule has 5 nitrogen and oxygen atoms in total. The Morgan fingerprint density at radius 2 is 2.21 bits per heavy atom. The van der Waals surface area contributed by atoms with Crippen molar-refractivity contribution in [3.63, 3.8) is 0 Å². The maximum atomic E-state index is 5.85. The summed E-state index contributed by atoms with van der Waals surface area (Å²) in [4.78, 5) is 10.8. The molecule has 1 aliphatic rings. The smallest absolute Gasteiger partial charge is 0.132 e. The summed E-state index contributed by atoms with van der Waals surface area (Å²) in [5, 5.41) is 4.90. The maximum absolute atomic E-state index is 5.85. The molecule has 3 heterocycles. The van der Waals surface area contributed by atoms with Gasteiger partial charge < -0.3 is 4.90 Å². The fourth-order valence-electron chi connectivity index (χ4n) is 2.33. The summed E-state index contributed by atoms with van der Waals surface area (Å²) in [6.45, 7) is 5.04. The molecule has 3 rings (SSSR count). The molecule has 2 aromatic rings. The van der Waals surface area contributed by atoms with Crippen LogP contribution < -0.4 is 4.90 Å². The van der Waals surface area contributed by atoms with Crippen LogP contribution in [0.5, 0.6) is 0 Å². The van der Waals surface area contributed by atoms with Gasteiger partial charge in [-0.15, -0.1) is 0 Å². The highest BCUT2D eigenvalue weighted by molar-refractivity contribution is 6.30. The number of aryl methyl sites for hydroxylation is 1. The van der Waals surface area contributed by atoms with Crippen molar-refractivity contribution in [3.8, 4) is 0 Å². The number of halogens is 1. The van der Waals surface area contributed by atoms with Gasteiger partial charge in [0.05, 0.1) is 11.2 Å². The van der Waals surface area contributed by atoms with Crippen LogP contribution in [0.15, 0.2) is 24.8 Å². The first-order chi connectivity index (χ1) is 9.24. The second kappa shape index (κ2) is 5.17. The van der Waals surface area contributed by atoms with Gasteiger partial charge >= 0.3 is 0 Å². The van der Waals surface area contributed by atoms with Crippen molar-refractivity contribution >= 4 is 17.4 Å². The Kier molecular flexibility index (Phi) is 3.38. The number of hydrogen-bond acceptors (Lipinski definition) is 4. The third-order valence-electron chi connectivity index (χ3n) is 3.40. The first-order valence-corrected chi connectivity index (χ1v) is 6.86. The highest BCUT2D eigenvalue weighted by atomic mass is 35.5. The number of anilines is 1. The first-order valence-electron chi connectivity index (χ1n) is 6.48. The van der Waals surface area contributed by atoms with Gasteiger partial charge in [-0.1, -0.05) is 18.5 Å². The normalized spacial score (nSPS) is 15.6. The lowest BCUT2D eigenvalue weighted by atomic mass is 10.0. The number of rotatable bonds is 4. The SMILES string of the molecule is CCc1cc(N2CC(Cn3cc(Cl)cn3)C2)ncn1. The van der Waals surface area contributed by atoms with E-state index in [1.54, 1.807) is 12.5 Å². The number of nitrogens with zero attached hydrogens (tertiary/aromatic N) is 5. The molecule has 0 unspecified atom stereocenters. The van der Waals surface area contributed by atoms with Crippen molar-refractivity contribution < 1.29 is 0 Å². The molecule has 1 fully saturated rings. The molecule has 1 saturated heterocycles. The first kappa shape index (κ1) is 12.4. The molecule has 0 aromatic carbocycles. The van der Waals surface area contributed by atoms with E-state index in [-0.39, 0.29) is 0 Å². The van der Waals surface area contributed by atoms with Crippen LogP contribution in [-0.4, -0.2) is 32.8 Å². The largest absolute Gasteiger partial charge is 0.356 e. The van der Waals surface area contributed by atoms with Crippen LogP contribution in [0, 0.1) is 5.92 Å². The van der Waals surface area contributed by atoms with Crippen LogP contribution in [0.4, 0.5) is 5.82 Å². The van der Waals surface area contributed by atoms with Crippen LogP contribution in [0.1, 0.15) is 12.6 Å². The number of aromatic nitrogens is 4. The lowest BCUT2D eigenvalue weighted by Crippen LogP contribution is -2.49. The van der Waals surface area contributed by atoms with E-state index >= 15 is 0 Å². The van der Waals surface area contributed by atoms with Crippen LogP contribution in [0.25, 0.3) is 0 Å². The van der Waals surface area contributed by atoms with Crippen LogP contribution in [0.2, 0.25) is 5.02 Å². The molecule has 2 aromatic heterocycles. The molecule has 6 heteroatoms. The molecular weight excluding hydrogens is 262 g/mol. The minimum atomic E-state index is 0.607. The Hall–Kier alpha value is -1.62. The Morgan fingerprint density at radius 1 is 1.37 bits per heavy atom. The van der Waals surface area contributed by atoms with Crippen molar-refractivity contribution in [3.05, 3.63) is 35.5 Å². The van der Waals surface area contributed by atoms with Crippen molar-refractivity contribution in [2.45, 2.75) is 19.9 Å². The van der Waals surface area contributed by atoms with Gasteiger partial charge in [0.1, 0.15) is 12.1 Å². The molecule has 1 aliphatic heterocycles. The quantitative estimate of drug-likeness (QED) is 0.858. The van der Waals surface area contributed by atoms with E-state index in [4.69, 9.17) is 11.6 Å². The fraction of sp³-hybridized carbons (Fsp3) is 0.462. The molecule has 0 saturated carbocycles. The molecule has 0 radical (unpaired) electrons. The van der Waals surface area contributed by atoms with Crippen molar-refractivity contribution in [1.82, 2.24) is 19.7 Å². The van der Waals surface area contributed by atoms with Crippen molar-refractivity contribution in [2.24, 2.45) is 5.92 Å². The van der Waals surface area contributed by atoms with Gasteiger partial charge in [0.25, 0.3) is 0 Å². The zero-order valence-corrected chi connectivity index (χ0v) is 11.6. The minimum absolute atomic E-state index is 0.607. The van der Waals surface area contributed by atoms with Gasteiger partial charge in [-0.25, -0.2) is 9.97 Å². The average molecular weight is 278 g/mol. The van der Waals surface area contributed by atoms with Crippen LogP contribution >= 0.6 is 11.6 Å². The third kappa shape index (κ3) is 2.71. The lowest BCUT2D eigenvalue weighted by molar-refractivity contribution is 0.340. The standard InChI is InChI=1S/C13H16ClN5/c1-2-12-3-13(16-9-15-12)18-5-10(6-18)7-19-8-11(14)4-17-19/h3-4,8-10H,2,5-7H2,1H3. The highest BCUT2D eigenvalue weighted by Gasteiger charge is 2.28.